The molecule has 3 atom stereocenters. The molecule has 1 N–H and O–H groups in total. The van der Waals surface area contributed by atoms with Crippen molar-refractivity contribution in [1.82, 2.24) is 5.32 Å². The van der Waals surface area contributed by atoms with E-state index in [2.05, 4.69) is 24.4 Å². The number of hydrogen-bond donors (Lipinski definition) is 1. The fourth-order valence-electron chi connectivity index (χ4n) is 3.08. The van der Waals surface area contributed by atoms with Gasteiger partial charge in [0.05, 0.1) is 32.0 Å². The predicted octanol–water partition coefficient (Wildman–Crippen LogP) is 4.07. The third-order valence-corrected chi connectivity index (χ3v) is 4.67. The summed E-state index contributed by atoms with van der Waals surface area (Å²) in [4.78, 5) is 11.6. The monoisotopic (exact) mass is 369 g/mol. The maximum Gasteiger partial charge on any atom is 0.407 e. The summed E-state index contributed by atoms with van der Waals surface area (Å²) in [7, 11) is 0. The zero-order valence-electron chi connectivity index (χ0n) is 15.7. The topological polar surface area (TPSA) is 56.8 Å². The molecule has 1 saturated heterocycles. The van der Waals surface area contributed by atoms with Crippen LogP contribution in [0.1, 0.15) is 30.9 Å². The SMILES string of the molecule is C[C@@H](CCC1NC(=O)OC1COCc1ccccc1)OCc1ccccc1. The highest BCUT2D eigenvalue weighted by molar-refractivity contribution is 5.70. The molecule has 0 saturated carbocycles. The summed E-state index contributed by atoms with van der Waals surface area (Å²) in [5, 5.41) is 2.89. The number of hydrogen-bond acceptors (Lipinski definition) is 4. The molecule has 5 heteroatoms. The van der Waals surface area contributed by atoms with Gasteiger partial charge < -0.3 is 19.5 Å². The van der Waals surface area contributed by atoms with Crippen LogP contribution < -0.4 is 5.32 Å². The minimum atomic E-state index is -0.369. The summed E-state index contributed by atoms with van der Waals surface area (Å²) in [5.41, 5.74) is 2.27. The number of carbonyl (C=O) groups is 1. The lowest BCUT2D eigenvalue weighted by Gasteiger charge is -2.19. The van der Waals surface area contributed by atoms with Gasteiger partial charge in [0.2, 0.25) is 0 Å². The van der Waals surface area contributed by atoms with Crippen LogP contribution >= 0.6 is 0 Å². The summed E-state index contributed by atoms with van der Waals surface area (Å²) in [5.74, 6) is 0. The summed E-state index contributed by atoms with van der Waals surface area (Å²) in [6.45, 7) is 3.55. The first-order chi connectivity index (χ1) is 13.2. The van der Waals surface area contributed by atoms with Crippen molar-refractivity contribution >= 4 is 6.09 Å². The molecule has 1 amide bonds. The summed E-state index contributed by atoms with van der Waals surface area (Å²) >= 11 is 0. The van der Waals surface area contributed by atoms with Gasteiger partial charge in [-0.3, -0.25) is 0 Å². The number of benzene rings is 2. The molecule has 1 fully saturated rings. The maximum atomic E-state index is 11.6. The number of cyclic esters (lactones) is 1. The molecule has 2 aromatic carbocycles. The molecule has 1 heterocycles. The molecule has 1 aliphatic rings. The third-order valence-electron chi connectivity index (χ3n) is 4.67. The van der Waals surface area contributed by atoms with Crippen LogP contribution in [0.25, 0.3) is 0 Å². The van der Waals surface area contributed by atoms with Crippen molar-refractivity contribution in [2.45, 2.75) is 51.2 Å². The second kappa shape index (κ2) is 10.1. The van der Waals surface area contributed by atoms with Gasteiger partial charge in [0, 0.05) is 0 Å². The summed E-state index contributed by atoms with van der Waals surface area (Å²) < 4.78 is 17.0. The largest absolute Gasteiger partial charge is 0.442 e. The van der Waals surface area contributed by atoms with Gasteiger partial charge in [0.15, 0.2) is 0 Å². The van der Waals surface area contributed by atoms with Crippen molar-refractivity contribution in [3.63, 3.8) is 0 Å². The molecular formula is C22H27NO4. The molecule has 1 aliphatic heterocycles. The number of rotatable bonds is 10. The quantitative estimate of drug-likeness (QED) is 0.686. The van der Waals surface area contributed by atoms with Crippen LogP contribution in [0.4, 0.5) is 4.79 Å². The highest BCUT2D eigenvalue weighted by atomic mass is 16.6. The molecule has 2 aromatic rings. The molecule has 0 aromatic heterocycles. The van der Waals surface area contributed by atoms with Crippen molar-refractivity contribution < 1.29 is 19.0 Å². The van der Waals surface area contributed by atoms with Gasteiger partial charge in [0.1, 0.15) is 6.10 Å². The van der Waals surface area contributed by atoms with Gasteiger partial charge in [-0.15, -0.1) is 0 Å². The van der Waals surface area contributed by atoms with Crippen LogP contribution in [0.2, 0.25) is 0 Å². The van der Waals surface area contributed by atoms with Crippen LogP contribution in [-0.4, -0.2) is 30.9 Å². The van der Waals surface area contributed by atoms with Crippen molar-refractivity contribution in [1.29, 1.82) is 0 Å². The molecule has 0 bridgehead atoms. The minimum absolute atomic E-state index is 0.0453. The fraction of sp³-hybridized carbons (Fsp3) is 0.409. The van der Waals surface area contributed by atoms with E-state index in [9.17, 15) is 4.79 Å². The smallest absolute Gasteiger partial charge is 0.407 e. The number of carbonyl (C=O) groups excluding carboxylic acids is 1. The van der Waals surface area contributed by atoms with Gasteiger partial charge in [0.25, 0.3) is 0 Å². The van der Waals surface area contributed by atoms with Gasteiger partial charge in [-0.1, -0.05) is 60.7 Å². The van der Waals surface area contributed by atoms with E-state index in [1.807, 2.05) is 48.5 Å². The Morgan fingerprint density at radius 3 is 2.30 bits per heavy atom. The Kier molecular flexibility index (Phi) is 7.25. The normalized spacial score (nSPS) is 20.1. The standard InChI is InChI=1S/C22H27NO4/c1-17(26-15-19-10-6-3-7-11-19)12-13-20-21(27-22(24)23-20)16-25-14-18-8-4-2-5-9-18/h2-11,17,20-21H,12-16H2,1H3,(H,23,24)/t17-,20?,21?/m0/s1. The average molecular weight is 369 g/mol. The zero-order valence-corrected chi connectivity index (χ0v) is 15.7. The van der Waals surface area contributed by atoms with Gasteiger partial charge in [-0.25, -0.2) is 4.79 Å². The molecule has 0 aliphatic carbocycles. The first-order valence-electron chi connectivity index (χ1n) is 9.45. The molecule has 27 heavy (non-hydrogen) atoms. The number of alkyl carbamates (subject to hydrolysis) is 1. The van der Waals surface area contributed by atoms with Crippen molar-refractivity contribution in [3.05, 3.63) is 71.8 Å². The zero-order chi connectivity index (χ0) is 18.9. The lowest BCUT2D eigenvalue weighted by molar-refractivity contribution is 0.0189. The minimum Gasteiger partial charge on any atom is -0.442 e. The van der Waals surface area contributed by atoms with E-state index in [1.165, 1.54) is 0 Å². The van der Waals surface area contributed by atoms with E-state index in [4.69, 9.17) is 14.2 Å². The van der Waals surface area contributed by atoms with Crippen LogP contribution in [-0.2, 0) is 27.4 Å². The van der Waals surface area contributed by atoms with E-state index in [0.29, 0.717) is 19.8 Å². The Labute approximate surface area is 160 Å². The third kappa shape index (κ3) is 6.38. The highest BCUT2D eigenvalue weighted by Gasteiger charge is 2.34. The van der Waals surface area contributed by atoms with Gasteiger partial charge in [-0.05, 0) is 30.9 Å². The van der Waals surface area contributed by atoms with Crippen LogP contribution in [0, 0.1) is 0 Å². The summed E-state index contributed by atoms with van der Waals surface area (Å²) in [6.07, 6.45) is 1.11. The Bertz CT molecular complexity index is 692. The van der Waals surface area contributed by atoms with E-state index in [0.717, 1.165) is 24.0 Å². The molecular weight excluding hydrogens is 342 g/mol. The summed E-state index contributed by atoms with van der Waals surface area (Å²) in [6, 6.07) is 20.0. The van der Waals surface area contributed by atoms with Gasteiger partial charge >= 0.3 is 6.09 Å². The lowest BCUT2D eigenvalue weighted by Crippen LogP contribution is -2.35. The molecule has 144 valence electrons. The fourth-order valence-corrected chi connectivity index (χ4v) is 3.08. The molecule has 5 nitrogen and oxygen atoms in total. The van der Waals surface area contributed by atoms with E-state index in [1.54, 1.807) is 0 Å². The van der Waals surface area contributed by atoms with Gasteiger partial charge in [-0.2, -0.15) is 0 Å². The Morgan fingerprint density at radius 2 is 1.63 bits per heavy atom. The average Bonchev–Trinajstić information content (AvgIpc) is 3.06. The van der Waals surface area contributed by atoms with E-state index >= 15 is 0 Å². The predicted molar refractivity (Wildman–Crippen MR) is 103 cm³/mol. The van der Waals surface area contributed by atoms with Crippen LogP contribution in [0.5, 0.6) is 0 Å². The first kappa shape index (κ1) is 19.4. The molecule has 0 spiro atoms. The second-order valence-corrected chi connectivity index (χ2v) is 6.88. The molecule has 2 unspecified atom stereocenters. The molecule has 0 radical (unpaired) electrons. The Hall–Kier alpha value is -2.37. The molecule has 3 rings (SSSR count). The number of ether oxygens (including phenoxy) is 3. The van der Waals surface area contributed by atoms with Crippen LogP contribution in [0.3, 0.4) is 0 Å². The number of nitrogens with one attached hydrogen (secondary N) is 1. The van der Waals surface area contributed by atoms with E-state index < -0.39 is 0 Å². The van der Waals surface area contributed by atoms with Crippen LogP contribution in [0.15, 0.2) is 60.7 Å². The second-order valence-electron chi connectivity index (χ2n) is 6.88. The maximum absolute atomic E-state index is 11.6. The first-order valence-corrected chi connectivity index (χ1v) is 9.45. The Balaban J connectivity index is 1.38. The Morgan fingerprint density at radius 1 is 1.00 bits per heavy atom. The van der Waals surface area contributed by atoms with Crippen molar-refractivity contribution in [2.24, 2.45) is 0 Å². The van der Waals surface area contributed by atoms with E-state index in [-0.39, 0.29) is 24.3 Å². The van der Waals surface area contributed by atoms with Crippen molar-refractivity contribution in [2.75, 3.05) is 6.61 Å². The number of amides is 1. The lowest BCUT2D eigenvalue weighted by atomic mass is 10.0. The highest BCUT2D eigenvalue weighted by Crippen LogP contribution is 2.17. The van der Waals surface area contributed by atoms with Crippen molar-refractivity contribution in [3.8, 4) is 0 Å².